The maximum atomic E-state index is 12.7. The number of rotatable bonds is 5. The first kappa shape index (κ1) is 18.3. The topological polar surface area (TPSA) is 66.4 Å². The van der Waals surface area contributed by atoms with Gasteiger partial charge in [-0.3, -0.25) is 9.59 Å². The van der Waals surface area contributed by atoms with Crippen LogP contribution in [0.3, 0.4) is 0 Å². The third-order valence-corrected chi connectivity index (χ3v) is 5.80. The number of carboxylic acid groups (broad SMARTS) is 1. The van der Waals surface area contributed by atoms with Crippen LogP contribution in [-0.4, -0.2) is 23.0 Å². The molecule has 0 heterocycles. The fourth-order valence-corrected chi connectivity index (χ4v) is 5.21. The molecule has 2 aliphatic carbocycles. The largest absolute Gasteiger partial charge is 0.481 e. The Morgan fingerprint density at radius 2 is 1.91 bits per heavy atom. The molecular weight excluding hydrogens is 290 g/mol. The highest BCUT2D eigenvalue weighted by atomic mass is 16.4. The lowest BCUT2D eigenvalue weighted by Crippen LogP contribution is -2.46. The van der Waals surface area contributed by atoms with Gasteiger partial charge in [-0.2, -0.15) is 0 Å². The summed E-state index contributed by atoms with van der Waals surface area (Å²) in [7, 11) is 0. The second-order valence-corrected chi connectivity index (χ2v) is 8.72. The van der Waals surface area contributed by atoms with Crippen LogP contribution in [0.25, 0.3) is 0 Å². The predicted octanol–water partition coefficient (Wildman–Crippen LogP) is 3.84. The van der Waals surface area contributed by atoms with Gasteiger partial charge in [0.05, 0.1) is 11.8 Å². The lowest BCUT2D eigenvalue weighted by molar-refractivity contribution is -0.148. The van der Waals surface area contributed by atoms with Gasteiger partial charge in [-0.15, -0.1) is 0 Å². The fraction of sp³-hybridized carbons (Fsp3) is 0.895. The number of hydrogen-bond donors (Lipinski definition) is 2. The Labute approximate surface area is 140 Å². The number of carboxylic acids is 1. The van der Waals surface area contributed by atoms with Crippen LogP contribution >= 0.6 is 0 Å². The molecule has 2 fully saturated rings. The van der Waals surface area contributed by atoms with Gasteiger partial charge in [-0.1, -0.05) is 34.1 Å². The molecule has 2 aliphatic rings. The van der Waals surface area contributed by atoms with E-state index in [1.54, 1.807) is 0 Å². The van der Waals surface area contributed by atoms with Crippen LogP contribution in [0.4, 0.5) is 0 Å². The second kappa shape index (κ2) is 7.23. The summed E-state index contributed by atoms with van der Waals surface area (Å²) in [5.74, 6) is -0.886. The first-order chi connectivity index (χ1) is 10.7. The molecule has 132 valence electrons. The maximum Gasteiger partial charge on any atom is 0.307 e. The first-order valence-electron chi connectivity index (χ1n) is 9.26. The van der Waals surface area contributed by atoms with Gasteiger partial charge in [0, 0.05) is 6.04 Å². The molecule has 0 spiro atoms. The van der Waals surface area contributed by atoms with Gasteiger partial charge in [0.1, 0.15) is 0 Å². The molecule has 0 bridgehead atoms. The number of amides is 1. The molecule has 2 N–H and O–H groups in total. The monoisotopic (exact) mass is 323 g/mol. The summed E-state index contributed by atoms with van der Waals surface area (Å²) >= 11 is 0. The van der Waals surface area contributed by atoms with Gasteiger partial charge in [0.15, 0.2) is 0 Å². The lowest BCUT2D eigenvalue weighted by atomic mass is 9.70. The zero-order valence-corrected chi connectivity index (χ0v) is 15.1. The van der Waals surface area contributed by atoms with Crippen molar-refractivity contribution in [3.8, 4) is 0 Å². The van der Waals surface area contributed by atoms with Gasteiger partial charge in [0.25, 0.3) is 0 Å². The summed E-state index contributed by atoms with van der Waals surface area (Å²) in [4.78, 5) is 24.4. The Kier molecular flexibility index (Phi) is 5.74. The molecule has 5 unspecified atom stereocenters. The summed E-state index contributed by atoms with van der Waals surface area (Å²) < 4.78 is 0. The molecule has 2 rings (SSSR count). The van der Waals surface area contributed by atoms with Crippen LogP contribution in [0.1, 0.15) is 72.6 Å². The normalized spacial score (nSPS) is 36.6. The number of aliphatic carboxylic acids is 1. The highest BCUT2D eigenvalue weighted by Gasteiger charge is 2.45. The minimum atomic E-state index is -0.793. The van der Waals surface area contributed by atoms with Gasteiger partial charge in [-0.05, 0) is 55.8 Å². The molecule has 23 heavy (non-hydrogen) atoms. The highest BCUT2D eigenvalue weighted by Crippen LogP contribution is 2.41. The zero-order chi connectivity index (χ0) is 17.2. The van der Waals surface area contributed by atoms with Gasteiger partial charge in [-0.25, -0.2) is 0 Å². The van der Waals surface area contributed by atoms with Crippen LogP contribution in [0.5, 0.6) is 0 Å². The quantitative estimate of drug-likeness (QED) is 0.807. The summed E-state index contributed by atoms with van der Waals surface area (Å²) in [6, 6.07) is 0.195. The van der Waals surface area contributed by atoms with E-state index in [2.05, 4.69) is 33.0 Å². The summed E-state index contributed by atoms with van der Waals surface area (Å²) in [6.45, 7) is 8.84. The molecule has 4 heteroatoms. The molecular formula is C19H33NO3. The van der Waals surface area contributed by atoms with Crippen molar-refractivity contribution in [3.05, 3.63) is 0 Å². The Bertz CT molecular complexity index is 446. The number of hydrogen-bond acceptors (Lipinski definition) is 2. The van der Waals surface area contributed by atoms with E-state index in [-0.39, 0.29) is 29.2 Å². The molecule has 0 aliphatic heterocycles. The number of carbonyl (C=O) groups is 2. The molecule has 1 amide bonds. The van der Waals surface area contributed by atoms with Gasteiger partial charge >= 0.3 is 5.97 Å². The third-order valence-electron chi connectivity index (χ3n) is 5.80. The van der Waals surface area contributed by atoms with Crippen molar-refractivity contribution >= 4 is 11.9 Å². The van der Waals surface area contributed by atoms with E-state index in [1.165, 1.54) is 6.42 Å². The van der Waals surface area contributed by atoms with Crippen molar-refractivity contribution in [2.45, 2.75) is 78.7 Å². The minimum Gasteiger partial charge on any atom is -0.481 e. The van der Waals surface area contributed by atoms with Crippen molar-refractivity contribution in [1.29, 1.82) is 0 Å². The fourth-order valence-electron chi connectivity index (χ4n) is 5.21. The molecule has 0 aromatic carbocycles. The van der Waals surface area contributed by atoms with Crippen molar-refractivity contribution in [2.75, 3.05) is 0 Å². The number of carbonyl (C=O) groups excluding carboxylic acids is 1. The van der Waals surface area contributed by atoms with E-state index in [9.17, 15) is 14.7 Å². The number of nitrogens with one attached hydrogen (secondary N) is 1. The molecule has 0 aromatic rings. The molecule has 4 nitrogen and oxygen atoms in total. The van der Waals surface area contributed by atoms with E-state index in [0.717, 1.165) is 38.5 Å². The van der Waals surface area contributed by atoms with E-state index >= 15 is 0 Å². The van der Waals surface area contributed by atoms with Crippen molar-refractivity contribution in [1.82, 2.24) is 5.32 Å². The summed E-state index contributed by atoms with van der Waals surface area (Å²) in [5.41, 5.74) is 0.252. The van der Waals surface area contributed by atoms with E-state index in [1.807, 2.05) is 0 Å². The minimum absolute atomic E-state index is 0.0223. The highest BCUT2D eigenvalue weighted by molar-refractivity contribution is 5.85. The van der Waals surface area contributed by atoms with Crippen molar-refractivity contribution < 1.29 is 14.7 Å². The van der Waals surface area contributed by atoms with E-state index < -0.39 is 11.9 Å². The van der Waals surface area contributed by atoms with Gasteiger partial charge in [0.2, 0.25) is 5.91 Å². The standard InChI is InChI=1S/C19H33NO3/c1-5-6-13-7-8-15(16(13)18(22)23)17(21)20-14-9-12(2)10-19(3,4)11-14/h12-16H,5-11H2,1-4H3,(H,20,21)(H,22,23). The third kappa shape index (κ3) is 4.48. The summed E-state index contributed by atoms with van der Waals surface area (Å²) in [5, 5.41) is 12.8. The van der Waals surface area contributed by atoms with Crippen LogP contribution in [0.2, 0.25) is 0 Å². The average molecular weight is 323 g/mol. The van der Waals surface area contributed by atoms with Crippen LogP contribution in [-0.2, 0) is 9.59 Å². The van der Waals surface area contributed by atoms with Crippen molar-refractivity contribution in [2.24, 2.45) is 29.1 Å². The molecule has 0 aromatic heterocycles. The van der Waals surface area contributed by atoms with Crippen LogP contribution in [0.15, 0.2) is 0 Å². The SMILES string of the molecule is CCCC1CCC(C(=O)NC2CC(C)CC(C)(C)C2)C1C(=O)O. The van der Waals surface area contributed by atoms with E-state index in [0.29, 0.717) is 5.92 Å². The maximum absolute atomic E-state index is 12.7. The average Bonchev–Trinajstić information content (AvgIpc) is 2.80. The first-order valence-corrected chi connectivity index (χ1v) is 9.26. The van der Waals surface area contributed by atoms with Crippen molar-refractivity contribution in [3.63, 3.8) is 0 Å². The zero-order valence-electron chi connectivity index (χ0n) is 15.1. The Balaban J connectivity index is 2.01. The molecule has 0 saturated heterocycles. The van der Waals surface area contributed by atoms with Gasteiger partial charge < -0.3 is 10.4 Å². The van der Waals surface area contributed by atoms with Crippen LogP contribution < -0.4 is 5.32 Å². The van der Waals surface area contributed by atoms with Crippen LogP contribution in [0, 0.1) is 29.1 Å². The Morgan fingerprint density at radius 3 is 2.48 bits per heavy atom. The molecule has 2 saturated carbocycles. The Hall–Kier alpha value is -1.06. The smallest absolute Gasteiger partial charge is 0.307 e. The lowest BCUT2D eigenvalue weighted by Gasteiger charge is -2.39. The summed E-state index contributed by atoms with van der Waals surface area (Å²) in [6.07, 6.45) is 6.68. The predicted molar refractivity (Wildman–Crippen MR) is 91.0 cm³/mol. The molecule has 5 atom stereocenters. The van der Waals surface area contributed by atoms with E-state index in [4.69, 9.17) is 0 Å². The second-order valence-electron chi connectivity index (χ2n) is 8.72. The molecule has 0 radical (unpaired) electrons. The Morgan fingerprint density at radius 1 is 1.22 bits per heavy atom.